The average Bonchev–Trinajstić information content (AvgIpc) is 3.29. The number of nitrogens with two attached hydrogens (primary N) is 1. The molecule has 204 valence electrons. The molecule has 5 rings (SSSR count). The molecule has 1 aliphatic heterocycles. The molecule has 1 fully saturated rings. The molecule has 10 heteroatoms. The van der Waals surface area contributed by atoms with Crippen molar-refractivity contribution in [2.24, 2.45) is 12.8 Å². The van der Waals surface area contributed by atoms with Crippen LogP contribution in [0.25, 0.3) is 28.2 Å². The maximum Gasteiger partial charge on any atom is 0.228 e. The third-order valence-electron chi connectivity index (χ3n) is 6.78. The standard InChI is InChI=1S/C28H32N6O2.CH3NO/c1-6-19-7-10-25(35-4)23(15-19)30-28-29-17-26(36-5)27(31-28)22-18-33(3)24-16-20(8-9-21(22)24)34-13-11-32(2)12-14-34;2-1-3/h6-10,15-18H,1,11-14H2,2-5H3,(H,29,30,31);1H,(H2,2,3). The van der Waals surface area contributed by atoms with E-state index in [1.807, 2.05) is 18.2 Å². The number of primary amides is 1. The molecule has 0 saturated carbocycles. The molecular weight excluding hydrogens is 494 g/mol. The van der Waals surface area contributed by atoms with Crippen molar-refractivity contribution in [1.29, 1.82) is 0 Å². The summed E-state index contributed by atoms with van der Waals surface area (Å²) in [4.78, 5) is 22.7. The number of carbonyl (C=O) groups is 1. The number of aryl methyl sites for hydroxylation is 1. The normalized spacial score (nSPS) is 13.4. The van der Waals surface area contributed by atoms with Crippen molar-refractivity contribution in [3.63, 3.8) is 0 Å². The van der Waals surface area contributed by atoms with E-state index >= 15 is 0 Å². The number of carbonyl (C=O) groups excluding carboxylic acids is 1. The number of hydrogen-bond acceptors (Lipinski definition) is 8. The fraction of sp³-hybridized carbons (Fsp3) is 0.276. The molecule has 2 aromatic heterocycles. The lowest BCUT2D eigenvalue weighted by atomic mass is 10.1. The highest BCUT2D eigenvalue weighted by atomic mass is 16.5. The number of likely N-dealkylation sites (N-methyl/N-ethyl adjacent to an activating group) is 1. The van der Waals surface area contributed by atoms with E-state index in [1.54, 1.807) is 26.5 Å². The van der Waals surface area contributed by atoms with Crippen LogP contribution in [0.2, 0.25) is 0 Å². The van der Waals surface area contributed by atoms with Gasteiger partial charge in [0, 0.05) is 56.1 Å². The Morgan fingerprint density at radius 1 is 1.03 bits per heavy atom. The van der Waals surface area contributed by atoms with Crippen LogP contribution in [0.5, 0.6) is 11.5 Å². The second-order valence-electron chi connectivity index (χ2n) is 9.18. The van der Waals surface area contributed by atoms with Gasteiger partial charge in [-0.25, -0.2) is 9.97 Å². The van der Waals surface area contributed by atoms with Crippen LogP contribution in [-0.2, 0) is 11.8 Å². The summed E-state index contributed by atoms with van der Waals surface area (Å²) < 4.78 is 13.3. The first-order valence-corrected chi connectivity index (χ1v) is 12.6. The zero-order valence-corrected chi connectivity index (χ0v) is 22.8. The maximum atomic E-state index is 8.58. The Morgan fingerprint density at radius 2 is 1.74 bits per heavy atom. The zero-order valence-electron chi connectivity index (χ0n) is 22.8. The summed E-state index contributed by atoms with van der Waals surface area (Å²) in [5.74, 6) is 1.77. The van der Waals surface area contributed by atoms with Gasteiger partial charge in [-0.1, -0.05) is 24.8 Å². The summed E-state index contributed by atoms with van der Waals surface area (Å²) in [5, 5.41) is 4.42. The van der Waals surface area contributed by atoms with E-state index in [-0.39, 0.29) is 6.41 Å². The van der Waals surface area contributed by atoms with Gasteiger partial charge in [0.25, 0.3) is 0 Å². The van der Waals surface area contributed by atoms with Crippen molar-refractivity contribution >= 4 is 40.7 Å². The van der Waals surface area contributed by atoms with Crippen LogP contribution in [-0.4, -0.2) is 73.3 Å². The van der Waals surface area contributed by atoms with Crippen LogP contribution in [0.4, 0.5) is 17.3 Å². The lowest BCUT2D eigenvalue weighted by molar-refractivity contribution is -0.106. The zero-order chi connectivity index (χ0) is 27.9. The van der Waals surface area contributed by atoms with Gasteiger partial charge in [0.05, 0.1) is 31.6 Å². The Kier molecular flexibility index (Phi) is 8.67. The van der Waals surface area contributed by atoms with Crippen molar-refractivity contribution in [3.8, 4) is 22.8 Å². The number of nitrogens with zero attached hydrogens (tertiary/aromatic N) is 5. The summed E-state index contributed by atoms with van der Waals surface area (Å²) in [5.41, 5.74) is 10.0. The lowest BCUT2D eigenvalue weighted by Gasteiger charge is -2.34. The maximum absolute atomic E-state index is 8.58. The minimum absolute atomic E-state index is 0.250. The number of piperazine rings is 1. The molecule has 0 bridgehead atoms. The van der Waals surface area contributed by atoms with E-state index in [4.69, 9.17) is 19.3 Å². The quantitative estimate of drug-likeness (QED) is 0.347. The summed E-state index contributed by atoms with van der Waals surface area (Å²) in [7, 11) is 7.52. The average molecular weight is 530 g/mol. The minimum Gasteiger partial charge on any atom is -0.495 e. The Morgan fingerprint density at radius 3 is 2.41 bits per heavy atom. The van der Waals surface area contributed by atoms with Gasteiger partial charge in [-0.3, -0.25) is 4.79 Å². The number of methoxy groups -OCH3 is 2. The predicted octanol–water partition coefficient (Wildman–Crippen LogP) is 3.89. The van der Waals surface area contributed by atoms with Crippen molar-refractivity contribution in [1.82, 2.24) is 19.4 Å². The Bertz CT molecular complexity index is 1460. The number of hydrogen-bond donors (Lipinski definition) is 2. The monoisotopic (exact) mass is 529 g/mol. The Balaban J connectivity index is 0.00000112. The molecular formula is C29H35N7O3. The third-order valence-corrected chi connectivity index (χ3v) is 6.78. The van der Waals surface area contributed by atoms with Gasteiger partial charge in [-0.05, 0) is 36.9 Å². The van der Waals surface area contributed by atoms with Gasteiger partial charge in [0.15, 0.2) is 5.75 Å². The molecule has 0 unspecified atom stereocenters. The van der Waals surface area contributed by atoms with Crippen molar-refractivity contribution < 1.29 is 14.3 Å². The second kappa shape index (κ2) is 12.3. The number of rotatable bonds is 7. The van der Waals surface area contributed by atoms with Gasteiger partial charge in [0.1, 0.15) is 11.4 Å². The van der Waals surface area contributed by atoms with E-state index < -0.39 is 0 Å². The topological polar surface area (TPSA) is 111 Å². The first kappa shape index (κ1) is 27.5. The van der Waals surface area contributed by atoms with E-state index in [2.05, 4.69) is 75.5 Å². The first-order chi connectivity index (χ1) is 18.9. The molecule has 1 saturated heterocycles. The highest BCUT2D eigenvalue weighted by molar-refractivity contribution is 5.98. The molecule has 4 aromatic rings. The summed E-state index contributed by atoms with van der Waals surface area (Å²) in [6.45, 7) is 8.07. The van der Waals surface area contributed by atoms with Gasteiger partial charge >= 0.3 is 0 Å². The van der Waals surface area contributed by atoms with Crippen LogP contribution in [0, 0.1) is 0 Å². The number of benzene rings is 2. The van der Waals surface area contributed by atoms with E-state index in [9.17, 15) is 0 Å². The van der Waals surface area contributed by atoms with Crippen LogP contribution in [0.15, 0.2) is 55.4 Å². The SMILES string of the molecule is C=Cc1ccc(OC)c(Nc2ncc(OC)c(-c3cn(C)c4cc(N5CCN(C)CC5)ccc34)n2)c1.NC=O. The largest absolute Gasteiger partial charge is 0.495 e. The number of nitrogens with one attached hydrogen (secondary N) is 1. The highest BCUT2D eigenvalue weighted by Crippen LogP contribution is 2.37. The fourth-order valence-corrected chi connectivity index (χ4v) is 4.67. The van der Waals surface area contributed by atoms with Crippen LogP contribution in [0.3, 0.4) is 0 Å². The summed E-state index contributed by atoms with van der Waals surface area (Å²) >= 11 is 0. The second-order valence-corrected chi connectivity index (χ2v) is 9.18. The summed E-state index contributed by atoms with van der Waals surface area (Å²) in [6.07, 6.45) is 5.84. The molecule has 39 heavy (non-hydrogen) atoms. The molecule has 10 nitrogen and oxygen atoms in total. The van der Waals surface area contributed by atoms with Crippen molar-refractivity contribution in [2.75, 3.05) is 57.7 Å². The third kappa shape index (κ3) is 5.96. The lowest BCUT2D eigenvalue weighted by Crippen LogP contribution is -2.44. The van der Waals surface area contributed by atoms with Crippen LogP contribution in [0.1, 0.15) is 5.56 Å². The van der Waals surface area contributed by atoms with Gasteiger partial charge in [-0.15, -0.1) is 0 Å². The molecule has 3 heterocycles. The predicted molar refractivity (Wildman–Crippen MR) is 157 cm³/mol. The van der Waals surface area contributed by atoms with E-state index in [0.29, 0.717) is 17.4 Å². The number of amides is 1. The van der Waals surface area contributed by atoms with Gasteiger partial charge in [0.2, 0.25) is 12.4 Å². The summed E-state index contributed by atoms with van der Waals surface area (Å²) in [6, 6.07) is 12.5. The van der Waals surface area contributed by atoms with Crippen LogP contribution >= 0.6 is 0 Å². The van der Waals surface area contributed by atoms with Crippen LogP contribution < -0.4 is 25.4 Å². The molecule has 1 amide bonds. The number of fused-ring (bicyclic) bond motifs is 1. The van der Waals surface area contributed by atoms with E-state index in [1.165, 1.54) is 5.69 Å². The Labute approximate surface area is 228 Å². The highest BCUT2D eigenvalue weighted by Gasteiger charge is 2.19. The molecule has 0 radical (unpaired) electrons. The number of anilines is 3. The van der Waals surface area contributed by atoms with Crippen molar-refractivity contribution in [3.05, 3.63) is 60.9 Å². The first-order valence-electron chi connectivity index (χ1n) is 12.6. The number of ether oxygens (including phenoxy) is 2. The van der Waals surface area contributed by atoms with E-state index in [0.717, 1.165) is 59.6 Å². The Hall–Kier alpha value is -4.57. The smallest absolute Gasteiger partial charge is 0.228 e. The molecule has 0 spiro atoms. The van der Waals surface area contributed by atoms with Crippen molar-refractivity contribution in [2.45, 2.75) is 0 Å². The van der Waals surface area contributed by atoms with Gasteiger partial charge in [-0.2, -0.15) is 0 Å². The number of aromatic nitrogens is 3. The molecule has 2 aromatic carbocycles. The van der Waals surface area contributed by atoms with Gasteiger partial charge < -0.3 is 34.9 Å². The fourth-order valence-electron chi connectivity index (χ4n) is 4.67. The molecule has 0 aliphatic carbocycles. The molecule has 0 atom stereocenters. The molecule has 1 aliphatic rings. The molecule has 3 N–H and O–H groups in total. The minimum atomic E-state index is 0.250.